The van der Waals surface area contributed by atoms with Crippen molar-refractivity contribution in [3.63, 3.8) is 0 Å². The Labute approximate surface area is 178 Å². The molecule has 0 saturated carbocycles. The third kappa shape index (κ3) is 6.12. The molecule has 0 spiro atoms. The largest absolute Gasteiger partial charge is 0.356 e. The summed E-state index contributed by atoms with van der Waals surface area (Å²) in [5, 5.41) is 6.89. The molecule has 30 heavy (non-hydrogen) atoms. The number of benzene rings is 1. The van der Waals surface area contributed by atoms with E-state index in [0.29, 0.717) is 55.6 Å². The van der Waals surface area contributed by atoms with Crippen LogP contribution in [0.4, 0.5) is 0 Å². The number of aromatic nitrogens is 2. The van der Waals surface area contributed by atoms with Crippen molar-refractivity contribution in [2.45, 2.75) is 56.8 Å². The van der Waals surface area contributed by atoms with Gasteiger partial charge in [0.2, 0.25) is 21.8 Å². The molecule has 0 aliphatic carbocycles. The summed E-state index contributed by atoms with van der Waals surface area (Å²) in [6.07, 6.45) is 4.93. The minimum atomic E-state index is -3.43. The summed E-state index contributed by atoms with van der Waals surface area (Å²) >= 11 is 0. The Kier molecular flexibility index (Phi) is 7.98. The molecular weight excluding hydrogens is 404 g/mol. The second kappa shape index (κ2) is 10.7. The Morgan fingerprint density at radius 2 is 1.93 bits per heavy atom. The SMILES string of the molecule is CCCc1noc(CCCC(=O)NCC2CCN(S(=O)(=O)c3ccccc3)CC2)n1. The second-order valence-electron chi connectivity index (χ2n) is 7.67. The molecule has 1 aliphatic heterocycles. The van der Waals surface area contributed by atoms with Crippen molar-refractivity contribution < 1.29 is 17.7 Å². The standard InChI is InChI=1S/C21H30N4O4S/c1-2-7-19-23-21(29-24-19)11-6-10-20(26)22-16-17-12-14-25(15-13-17)30(27,28)18-8-4-3-5-9-18/h3-5,8-9,17H,2,6-7,10-16H2,1H3,(H,22,26). The van der Waals surface area contributed by atoms with Crippen molar-refractivity contribution in [2.24, 2.45) is 5.92 Å². The van der Waals surface area contributed by atoms with Gasteiger partial charge in [-0.15, -0.1) is 0 Å². The Balaban J connectivity index is 1.34. The van der Waals surface area contributed by atoms with E-state index in [1.54, 1.807) is 30.3 Å². The Morgan fingerprint density at radius 3 is 2.63 bits per heavy atom. The molecule has 1 amide bonds. The highest BCUT2D eigenvalue weighted by molar-refractivity contribution is 7.89. The van der Waals surface area contributed by atoms with Gasteiger partial charge in [-0.05, 0) is 43.7 Å². The number of aryl methyl sites for hydroxylation is 2. The highest BCUT2D eigenvalue weighted by Crippen LogP contribution is 2.23. The van der Waals surface area contributed by atoms with Crippen LogP contribution in [0.1, 0.15) is 50.7 Å². The molecule has 2 aromatic rings. The van der Waals surface area contributed by atoms with Crippen molar-refractivity contribution in [2.75, 3.05) is 19.6 Å². The van der Waals surface area contributed by atoms with E-state index in [1.807, 2.05) is 0 Å². The van der Waals surface area contributed by atoms with E-state index in [0.717, 1.165) is 31.5 Å². The molecule has 1 aliphatic rings. The first-order chi connectivity index (χ1) is 14.5. The molecule has 3 rings (SSSR count). The minimum absolute atomic E-state index is 0.00244. The molecule has 0 bridgehead atoms. The van der Waals surface area contributed by atoms with Crippen LogP contribution in [0.5, 0.6) is 0 Å². The monoisotopic (exact) mass is 434 g/mol. The first-order valence-corrected chi connectivity index (χ1v) is 12.1. The summed E-state index contributed by atoms with van der Waals surface area (Å²) in [5.74, 6) is 1.60. The predicted molar refractivity (Wildman–Crippen MR) is 112 cm³/mol. The van der Waals surface area contributed by atoms with Gasteiger partial charge in [0.25, 0.3) is 0 Å². The van der Waals surface area contributed by atoms with Gasteiger partial charge in [-0.25, -0.2) is 8.42 Å². The molecule has 0 radical (unpaired) electrons. The van der Waals surface area contributed by atoms with Crippen LogP contribution in [0.2, 0.25) is 0 Å². The second-order valence-corrected chi connectivity index (χ2v) is 9.61. The van der Waals surface area contributed by atoms with Gasteiger partial charge in [0.1, 0.15) is 0 Å². The van der Waals surface area contributed by atoms with Gasteiger partial charge >= 0.3 is 0 Å². The van der Waals surface area contributed by atoms with E-state index in [4.69, 9.17) is 4.52 Å². The summed E-state index contributed by atoms with van der Waals surface area (Å²) in [5.41, 5.74) is 0. The van der Waals surface area contributed by atoms with Crippen LogP contribution in [0.15, 0.2) is 39.8 Å². The first kappa shape index (κ1) is 22.4. The van der Waals surface area contributed by atoms with Crippen molar-refractivity contribution in [1.29, 1.82) is 0 Å². The Morgan fingerprint density at radius 1 is 1.20 bits per heavy atom. The molecule has 0 unspecified atom stereocenters. The smallest absolute Gasteiger partial charge is 0.243 e. The maximum atomic E-state index is 12.7. The highest BCUT2D eigenvalue weighted by Gasteiger charge is 2.29. The zero-order valence-corrected chi connectivity index (χ0v) is 18.2. The summed E-state index contributed by atoms with van der Waals surface area (Å²) in [4.78, 5) is 16.7. The van der Waals surface area contributed by atoms with Crippen molar-refractivity contribution in [3.05, 3.63) is 42.0 Å². The summed E-state index contributed by atoms with van der Waals surface area (Å²) in [6.45, 7) is 3.61. The van der Waals surface area contributed by atoms with Crippen LogP contribution in [0, 0.1) is 5.92 Å². The lowest BCUT2D eigenvalue weighted by molar-refractivity contribution is -0.121. The summed E-state index contributed by atoms with van der Waals surface area (Å²) < 4.78 is 32.1. The van der Waals surface area contributed by atoms with Crippen LogP contribution in [0.25, 0.3) is 0 Å². The number of sulfonamides is 1. The van der Waals surface area contributed by atoms with Crippen molar-refractivity contribution >= 4 is 15.9 Å². The minimum Gasteiger partial charge on any atom is -0.356 e. The fourth-order valence-electron chi connectivity index (χ4n) is 3.56. The van der Waals surface area contributed by atoms with Crippen LogP contribution in [0.3, 0.4) is 0 Å². The van der Waals surface area contributed by atoms with E-state index in [-0.39, 0.29) is 5.91 Å². The van der Waals surface area contributed by atoms with Crippen molar-refractivity contribution in [1.82, 2.24) is 19.8 Å². The fourth-order valence-corrected chi connectivity index (χ4v) is 5.05. The van der Waals surface area contributed by atoms with Crippen LogP contribution in [-0.4, -0.2) is 48.4 Å². The number of carbonyl (C=O) groups excluding carboxylic acids is 1. The normalized spacial score (nSPS) is 15.9. The maximum absolute atomic E-state index is 12.7. The molecule has 1 saturated heterocycles. The average Bonchev–Trinajstić information content (AvgIpc) is 3.21. The lowest BCUT2D eigenvalue weighted by atomic mass is 9.98. The topological polar surface area (TPSA) is 105 Å². The third-order valence-corrected chi connectivity index (χ3v) is 7.23. The average molecular weight is 435 g/mol. The summed E-state index contributed by atoms with van der Waals surface area (Å²) in [7, 11) is -3.43. The molecule has 8 nitrogen and oxygen atoms in total. The van der Waals surface area contributed by atoms with Crippen LogP contribution in [-0.2, 0) is 27.7 Å². The Hall–Kier alpha value is -2.26. The molecule has 0 atom stereocenters. The van der Waals surface area contributed by atoms with E-state index in [2.05, 4.69) is 22.4 Å². The number of hydrogen-bond acceptors (Lipinski definition) is 6. The van der Waals surface area contributed by atoms with E-state index >= 15 is 0 Å². The number of rotatable bonds is 10. The number of hydrogen-bond donors (Lipinski definition) is 1. The number of carbonyl (C=O) groups is 1. The lowest BCUT2D eigenvalue weighted by Gasteiger charge is -2.31. The summed E-state index contributed by atoms with van der Waals surface area (Å²) in [6, 6.07) is 8.52. The van der Waals surface area contributed by atoms with Gasteiger partial charge in [0, 0.05) is 38.9 Å². The quantitative estimate of drug-likeness (QED) is 0.616. The van der Waals surface area contributed by atoms with Gasteiger partial charge in [-0.2, -0.15) is 9.29 Å². The zero-order valence-electron chi connectivity index (χ0n) is 17.4. The fraction of sp³-hybridized carbons (Fsp3) is 0.571. The molecule has 9 heteroatoms. The molecular formula is C21H30N4O4S. The van der Waals surface area contributed by atoms with Crippen LogP contribution < -0.4 is 5.32 Å². The molecule has 164 valence electrons. The third-order valence-electron chi connectivity index (χ3n) is 5.32. The van der Waals surface area contributed by atoms with Crippen molar-refractivity contribution in [3.8, 4) is 0 Å². The molecule has 1 aromatic carbocycles. The number of piperidine rings is 1. The number of amides is 1. The van der Waals surface area contributed by atoms with Crippen LogP contribution >= 0.6 is 0 Å². The van der Waals surface area contributed by atoms with Gasteiger partial charge in [0.05, 0.1) is 4.90 Å². The number of nitrogens with zero attached hydrogens (tertiary/aromatic N) is 3. The zero-order chi connectivity index (χ0) is 21.4. The molecule has 1 N–H and O–H groups in total. The number of nitrogens with one attached hydrogen (secondary N) is 1. The van der Waals surface area contributed by atoms with E-state index in [1.165, 1.54) is 4.31 Å². The predicted octanol–water partition coefficient (Wildman–Crippen LogP) is 2.56. The van der Waals surface area contributed by atoms with E-state index in [9.17, 15) is 13.2 Å². The Bertz CT molecular complexity index is 906. The van der Waals surface area contributed by atoms with Gasteiger partial charge in [0.15, 0.2) is 5.82 Å². The van der Waals surface area contributed by atoms with Gasteiger partial charge in [-0.1, -0.05) is 30.3 Å². The highest BCUT2D eigenvalue weighted by atomic mass is 32.2. The molecule has 1 aromatic heterocycles. The van der Waals surface area contributed by atoms with E-state index < -0.39 is 10.0 Å². The lowest BCUT2D eigenvalue weighted by Crippen LogP contribution is -2.41. The molecule has 2 heterocycles. The van der Waals surface area contributed by atoms with Gasteiger partial charge in [-0.3, -0.25) is 4.79 Å². The molecule has 1 fully saturated rings. The van der Waals surface area contributed by atoms with Gasteiger partial charge < -0.3 is 9.84 Å². The maximum Gasteiger partial charge on any atom is 0.243 e. The first-order valence-electron chi connectivity index (χ1n) is 10.6.